The zero-order chi connectivity index (χ0) is 21.1. The smallest absolute Gasteiger partial charge is 0.245 e. The van der Waals surface area contributed by atoms with Gasteiger partial charge < -0.3 is 15.1 Å². The predicted octanol–water partition coefficient (Wildman–Crippen LogP) is 3.49. The average Bonchev–Trinajstić information content (AvgIpc) is 2.78. The van der Waals surface area contributed by atoms with Crippen LogP contribution in [0.3, 0.4) is 0 Å². The number of anilines is 1. The van der Waals surface area contributed by atoms with Crippen LogP contribution in [-0.4, -0.2) is 46.7 Å². The van der Waals surface area contributed by atoms with Crippen LogP contribution in [0.1, 0.15) is 69.4 Å². The Labute approximate surface area is 179 Å². The van der Waals surface area contributed by atoms with E-state index >= 15 is 0 Å². The van der Waals surface area contributed by atoms with Crippen molar-refractivity contribution in [2.45, 2.75) is 77.3 Å². The van der Waals surface area contributed by atoms with Crippen molar-refractivity contribution in [1.82, 2.24) is 9.80 Å². The molecule has 1 saturated heterocycles. The van der Waals surface area contributed by atoms with Crippen molar-refractivity contribution in [3.8, 4) is 0 Å². The summed E-state index contributed by atoms with van der Waals surface area (Å²) in [6, 6.07) is 5.44. The first-order chi connectivity index (χ1) is 14.5. The molecular weight excluding hydrogens is 378 g/mol. The lowest BCUT2D eigenvalue weighted by Crippen LogP contribution is -2.55. The van der Waals surface area contributed by atoms with E-state index in [0.717, 1.165) is 68.4 Å². The highest BCUT2D eigenvalue weighted by molar-refractivity contribution is 5.90. The third-order valence-corrected chi connectivity index (χ3v) is 6.85. The molecule has 6 nitrogen and oxygen atoms in total. The quantitative estimate of drug-likeness (QED) is 0.828. The molecule has 4 rings (SSSR count). The van der Waals surface area contributed by atoms with E-state index in [1.54, 1.807) is 0 Å². The van der Waals surface area contributed by atoms with Crippen LogP contribution in [0.25, 0.3) is 0 Å². The van der Waals surface area contributed by atoms with E-state index in [2.05, 4.69) is 5.32 Å². The zero-order valence-electron chi connectivity index (χ0n) is 18.0. The number of piperidine rings is 1. The molecule has 1 aromatic rings. The Morgan fingerprint density at radius 1 is 0.900 bits per heavy atom. The van der Waals surface area contributed by atoms with Gasteiger partial charge in [-0.3, -0.25) is 14.4 Å². The molecule has 1 aliphatic carbocycles. The normalized spacial score (nSPS) is 22.4. The number of carbonyl (C=O) groups is 3. The monoisotopic (exact) mass is 411 g/mol. The maximum absolute atomic E-state index is 13.5. The topological polar surface area (TPSA) is 69.7 Å². The summed E-state index contributed by atoms with van der Waals surface area (Å²) in [5.74, 6) is 0.172. The maximum Gasteiger partial charge on any atom is 0.245 e. The van der Waals surface area contributed by atoms with E-state index in [1.807, 2.05) is 28.0 Å². The summed E-state index contributed by atoms with van der Waals surface area (Å²) in [6.07, 6.45) is 9.08. The summed E-state index contributed by atoms with van der Waals surface area (Å²) in [6.45, 7) is 3.54. The van der Waals surface area contributed by atoms with Gasteiger partial charge >= 0.3 is 0 Å². The van der Waals surface area contributed by atoms with E-state index in [1.165, 1.54) is 19.8 Å². The number of carbonyl (C=O) groups excluding carboxylic acids is 3. The van der Waals surface area contributed by atoms with Crippen molar-refractivity contribution in [3.05, 3.63) is 29.3 Å². The van der Waals surface area contributed by atoms with Crippen LogP contribution >= 0.6 is 0 Å². The average molecular weight is 412 g/mol. The van der Waals surface area contributed by atoms with E-state index in [-0.39, 0.29) is 23.6 Å². The lowest BCUT2D eigenvalue weighted by atomic mass is 9.85. The summed E-state index contributed by atoms with van der Waals surface area (Å²) in [5, 5.41) is 2.83. The summed E-state index contributed by atoms with van der Waals surface area (Å²) in [5.41, 5.74) is 2.88. The molecule has 0 radical (unpaired) electrons. The molecule has 162 valence electrons. The van der Waals surface area contributed by atoms with Crippen LogP contribution in [0, 0.1) is 5.92 Å². The van der Waals surface area contributed by atoms with Gasteiger partial charge in [-0.2, -0.15) is 0 Å². The molecule has 2 aliphatic heterocycles. The molecule has 1 atom stereocenters. The Balaban J connectivity index is 1.61. The zero-order valence-corrected chi connectivity index (χ0v) is 18.0. The van der Waals surface area contributed by atoms with E-state index in [9.17, 15) is 14.4 Å². The van der Waals surface area contributed by atoms with Crippen molar-refractivity contribution in [2.75, 3.05) is 18.4 Å². The highest BCUT2D eigenvalue weighted by atomic mass is 16.2. The van der Waals surface area contributed by atoms with Gasteiger partial charge in [-0.05, 0) is 55.4 Å². The molecule has 1 unspecified atom stereocenters. The van der Waals surface area contributed by atoms with E-state index < -0.39 is 6.04 Å². The molecule has 30 heavy (non-hydrogen) atoms. The van der Waals surface area contributed by atoms with Crippen LogP contribution in [0.4, 0.5) is 5.69 Å². The van der Waals surface area contributed by atoms with Crippen molar-refractivity contribution in [1.29, 1.82) is 0 Å². The summed E-state index contributed by atoms with van der Waals surface area (Å²) in [4.78, 5) is 42.2. The van der Waals surface area contributed by atoms with Crippen LogP contribution in [-0.2, 0) is 27.3 Å². The highest BCUT2D eigenvalue weighted by Crippen LogP contribution is 2.32. The summed E-state index contributed by atoms with van der Waals surface area (Å²) in [7, 11) is 0. The van der Waals surface area contributed by atoms with Gasteiger partial charge in [0.05, 0.1) is 0 Å². The largest absolute Gasteiger partial charge is 0.341 e. The Morgan fingerprint density at radius 3 is 2.30 bits per heavy atom. The first-order valence-corrected chi connectivity index (χ1v) is 11.5. The Hall–Kier alpha value is -2.37. The van der Waals surface area contributed by atoms with Gasteiger partial charge in [-0.1, -0.05) is 25.3 Å². The van der Waals surface area contributed by atoms with Gasteiger partial charge in [-0.25, -0.2) is 0 Å². The minimum atomic E-state index is -0.406. The minimum Gasteiger partial charge on any atom is -0.341 e. The molecule has 2 fully saturated rings. The Bertz CT molecular complexity index is 810. The lowest BCUT2D eigenvalue weighted by Gasteiger charge is -2.41. The number of amides is 3. The van der Waals surface area contributed by atoms with E-state index in [0.29, 0.717) is 13.0 Å². The number of hydrogen-bond acceptors (Lipinski definition) is 3. The molecule has 0 bridgehead atoms. The van der Waals surface area contributed by atoms with Crippen LogP contribution < -0.4 is 5.32 Å². The van der Waals surface area contributed by atoms with Gasteiger partial charge in [0.25, 0.3) is 0 Å². The second-order valence-corrected chi connectivity index (χ2v) is 9.07. The number of fused-ring (bicyclic) bond motifs is 1. The minimum absolute atomic E-state index is 0.0375. The molecule has 1 N–H and O–H groups in total. The van der Waals surface area contributed by atoms with Gasteiger partial charge in [0.2, 0.25) is 17.7 Å². The fourth-order valence-corrected chi connectivity index (χ4v) is 5.23. The summed E-state index contributed by atoms with van der Waals surface area (Å²) >= 11 is 0. The van der Waals surface area contributed by atoms with Crippen molar-refractivity contribution >= 4 is 23.4 Å². The second kappa shape index (κ2) is 9.19. The van der Waals surface area contributed by atoms with Gasteiger partial charge in [0.15, 0.2) is 0 Å². The second-order valence-electron chi connectivity index (χ2n) is 9.07. The maximum atomic E-state index is 13.5. The third kappa shape index (κ3) is 4.52. The van der Waals surface area contributed by atoms with Crippen LogP contribution in [0.15, 0.2) is 18.2 Å². The van der Waals surface area contributed by atoms with Gasteiger partial charge in [0.1, 0.15) is 6.04 Å². The summed E-state index contributed by atoms with van der Waals surface area (Å²) < 4.78 is 0. The van der Waals surface area contributed by atoms with Crippen LogP contribution in [0.2, 0.25) is 0 Å². The first-order valence-electron chi connectivity index (χ1n) is 11.5. The molecule has 1 aromatic carbocycles. The molecular formula is C24H33N3O3. The van der Waals surface area contributed by atoms with Crippen molar-refractivity contribution < 1.29 is 14.4 Å². The molecule has 3 amide bonds. The van der Waals surface area contributed by atoms with Gasteiger partial charge in [0, 0.05) is 44.6 Å². The number of rotatable bonds is 3. The molecule has 0 spiro atoms. The van der Waals surface area contributed by atoms with E-state index in [4.69, 9.17) is 0 Å². The SMILES string of the molecule is CC(=O)Nc1ccc2c(c1)CN(C(=O)C1CCCCC1)C(C(=O)N1CCCCC1)C2. The number of benzene rings is 1. The molecule has 1 saturated carbocycles. The standard InChI is InChI=1S/C24H33N3O3/c1-17(28)25-21-11-10-19-15-22(24(30)26-12-6-3-7-13-26)27(16-20(19)14-21)23(29)18-8-4-2-5-9-18/h10-11,14,18,22H,2-9,12-13,15-16H2,1H3,(H,25,28). The predicted molar refractivity (Wildman–Crippen MR) is 116 cm³/mol. The third-order valence-electron chi connectivity index (χ3n) is 6.85. The molecule has 0 aromatic heterocycles. The number of likely N-dealkylation sites (tertiary alicyclic amines) is 1. The van der Waals surface area contributed by atoms with Gasteiger partial charge in [-0.15, -0.1) is 0 Å². The van der Waals surface area contributed by atoms with Crippen molar-refractivity contribution in [3.63, 3.8) is 0 Å². The van der Waals surface area contributed by atoms with Crippen LogP contribution in [0.5, 0.6) is 0 Å². The fraction of sp³-hybridized carbons (Fsp3) is 0.625. The number of nitrogens with one attached hydrogen (secondary N) is 1. The van der Waals surface area contributed by atoms with Crippen molar-refractivity contribution in [2.24, 2.45) is 5.92 Å². The lowest BCUT2D eigenvalue weighted by molar-refractivity contribution is -0.150. The number of nitrogens with zero attached hydrogens (tertiary/aromatic N) is 2. The fourth-order valence-electron chi connectivity index (χ4n) is 5.23. The number of hydrogen-bond donors (Lipinski definition) is 1. The Kier molecular flexibility index (Phi) is 6.40. The molecule has 6 heteroatoms. The Morgan fingerprint density at radius 2 is 1.60 bits per heavy atom. The first kappa shape index (κ1) is 20.9. The highest BCUT2D eigenvalue weighted by Gasteiger charge is 2.39. The molecule has 2 heterocycles. The molecule has 3 aliphatic rings.